The molecule has 1 fully saturated rings. The zero-order chi connectivity index (χ0) is 22.4. The summed E-state index contributed by atoms with van der Waals surface area (Å²) in [6.07, 6.45) is 1.03. The third-order valence-corrected chi connectivity index (χ3v) is 5.77. The SMILES string of the molecule is COc1cc(C(C)NC(=O)C2(c3cccc(F)c3)CCOCC2)ccc1OCC(C)C. The molecular formula is C25H32FNO4. The quantitative estimate of drug-likeness (QED) is 0.655. The summed E-state index contributed by atoms with van der Waals surface area (Å²) in [5.41, 5.74) is 0.790. The minimum absolute atomic E-state index is 0.118. The van der Waals surface area contributed by atoms with Crippen LogP contribution in [-0.2, 0) is 14.9 Å². The Labute approximate surface area is 183 Å². The number of nitrogens with one attached hydrogen (secondary N) is 1. The van der Waals surface area contributed by atoms with Crippen LogP contribution in [-0.4, -0.2) is 32.8 Å². The van der Waals surface area contributed by atoms with Crippen molar-refractivity contribution in [2.24, 2.45) is 5.92 Å². The van der Waals surface area contributed by atoms with Crippen molar-refractivity contribution in [1.29, 1.82) is 0 Å². The molecule has 0 aliphatic carbocycles. The van der Waals surface area contributed by atoms with Crippen molar-refractivity contribution in [3.8, 4) is 11.5 Å². The molecule has 31 heavy (non-hydrogen) atoms. The fraction of sp³-hybridized carbons (Fsp3) is 0.480. The van der Waals surface area contributed by atoms with E-state index in [1.54, 1.807) is 13.2 Å². The maximum absolute atomic E-state index is 13.9. The summed E-state index contributed by atoms with van der Waals surface area (Å²) in [6.45, 7) is 7.63. The molecule has 0 aromatic heterocycles. The van der Waals surface area contributed by atoms with Crippen LogP contribution >= 0.6 is 0 Å². The number of rotatable bonds is 8. The minimum Gasteiger partial charge on any atom is -0.493 e. The first-order valence-electron chi connectivity index (χ1n) is 10.8. The topological polar surface area (TPSA) is 56.8 Å². The van der Waals surface area contributed by atoms with Gasteiger partial charge in [-0.25, -0.2) is 4.39 Å². The van der Waals surface area contributed by atoms with Gasteiger partial charge in [-0.3, -0.25) is 4.79 Å². The maximum atomic E-state index is 13.9. The standard InChI is InChI=1S/C25H32FNO4/c1-17(2)16-31-22-9-8-19(14-23(22)29-4)18(3)27-24(28)25(10-12-30-13-11-25)20-6-5-7-21(26)15-20/h5-9,14-15,17-18H,10-13,16H2,1-4H3,(H,27,28). The second-order valence-corrected chi connectivity index (χ2v) is 8.52. The van der Waals surface area contributed by atoms with Crippen molar-refractivity contribution < 1.29 is 23.4 Å². The molecule has 1 amide bonds. The molecule has 3 rings (SSSR count). The first-order valence-corrected chi connectivity index (χ1v) is 10.8. The summed E-state index contributed by atoms with van der Waals surface area (Å²) in [7, 11) is 1.60. The number of carbonyl (C=O) groups is 1. The van der Waals surface area contributed by atoms with Crippen molar-refractivity contribution in [3.63, 3.8) is 0 Å². The second-order valence-electron chi connectivity index (χ2n) is 8.52. The Morgan fingerprint density at radius 2 is 1.87 bits per heavy atom. The zero-order valence-corrected chi connectivity index (χ0v) is 18.7. The smallest absolute Gasteiger partial charge is 0.231 e. The van der Waals surface area contributed by atoms with Gasteiger partial charge < -0.3 is 19.5 Å². The molecule has 1 heterocycles. The van der Waals surface area contributed by atoms with Gasteiger partial charge in [-0.1, -0.05) is 32.0 Å². The summed E-state index contributed by atoms with van der Waals surface area (Å²) in [5.74, 6) is 1.25. The Morgan fingerprint density at radius 1 is 1.13 bits per heavy atom. The fourth-order valence-corrected chi connectivity index (χ4v) is 3.90. The van der Waals surface area contributed by atoms with Gasteiger partial charge in [0, 0.05) is 13.2 Å². The van der Waals surface area contributed by atoms with Crippen LogP contribution in [0.15, 0.2) is 42.5 Å². The summed E-state index contributed by atoms with van der Waals surface area (Å²) < 4.78 is 30.7. The van der Waals surface area contributed by atoms with E-state index in [0.29, 0.717) is 55.6 Å². The summed E-state index contributed by atoms with van der Waals surface area (Å²) in [5, 5.41) is 3.13. The maximum Gasteiger partial charge on any atom is 0.231 e. The number of halogens is 1. The van der Waals surface area contributed by atoms with Crippen molar-refractivity contribution in [2.75, 3.05) is 26.9 Å². The first-order chi connectivity index (χ1) is 14.9. The van der Waals surface area contributed by atoms with Crippen LogP contribution in [0.2, 0.25) is 0 Å². The number of amides is 1. The van der Waals surface area contributed by atoms with E-state index in [-0.39, 0.29) is 17.8 Å². The average molecular weight is 430 g/mol. The van der Waals surface area contributed by atoms with E-state index in [0.717, 1.165) is 5.56 Å². The van der Waals surface area contributed by atoms with Gasteiger partial charge in [-0.15, -0.1) is 0 Å². The molecule has 5 nitrogen and oxygen atoms in total. The number of ether oxygens (including phenoxy) is 3. The second kappa shape index (κ2) is 10.1. The molecule has 0 bridgehead atoms. The van der Waals surface area contributed by atoms with E-state index >= 15 is 0 Å². The van der Waals surface area contributed by atoms with Crippen molar-refractivity contribution in [2.45, 2.75) is 45.1 Å². The lowest BCUT2D eigenvalue weighted by molar-refractivity contribution is -0.131. The van der Waals surface area contributed by atoms with E-state index in [1.807, 2.05) is 31.2 Å². The highest BCUT2D eigenvalue weighted by Gasteiger charge is 2.42. The summed E-state index contributed by atoms with van der Waals surface area (Å²) >= 11 is 0. The highest BCUT2D eigenvalue weighted by Crippen LogP contribution is 2.37. The normalized spacial score (nSPS) is 16.6. The molecule has 0 saturated carbocycles. The van der Waals surface area contributed by atoms with E-state index in [2.05, 4.69) is 19.2 Å². The van der Waals surface area contributed by atoms with Gasteiger partial charge in [0.15, 0.2) is 11.5 Å². The number of hydrogen-bond acceptors (Lipinski definition) is 4. The lowest BCUT2D eigenvalue weighted by atomic mass is 9.73. The number of benzene rings is 2. The van der Waals surface area contributed by atoms with Gasteiger partial charge in [0.05, 0.1) is 25.2 Å². The largest absolute Gasteiger partial charge is 0.493 e. The van der Waals surface area contributed by atoms with Crippen molar-refractivity contribution in [1.82, 2.24) is 5.32 Å². The monoisotopic (exact) mass is 429 g/mol. The predicted molar refractivity (Wildman–Crippen MR) is 118 cm³/mol. The van der Waals surface area contributed by atoms with Crippen LogP contribution in [0.1, 0.15) is 50.8 Å². The molecule has 1 aliphatic heterocycles. The highest BCUT2D eigenvalue weighted by molar-refractivity contribution is 5.88. The molecule has 1 saturated heterocycles. The van der Waals surface area contributed by atoms with Crippen LogP contribution in [0.4, 0.5) is 4.39 Å². The minimum atomic E-state index is -0.807. The number of hydrogen-bond donors (Lipinski definition) is 1. The Balaban J connectivity index is 1.80. The van der Waals surface area contributed by atoms with E-state index in [1.165, 1.54) is 12.1 Å². The van der Waals surface area contributed by atoms with Gasteiger partial charge in [0.25, 0.3) is 0 Å². The van der Waals surface area contributed by atoms with Gasteiger partial charge in [-0.05, 0) is 61.1 Å². The number of methoxy groups -OCH3 is 1. The molecule has 1 N–H and O–H groups in total. The third kappa shape index (κ3) is 5.37. The molecule has 1 unspecified atom stereocenters. The first kappa shape index (κ1) is 23.1. The molecule has 2 aromatic rings. The van der Waals surface area contributed by atoms with E-state index < -0.39 is 5.41 Å². The molecule has 6 heteroatoms. The highest BCUT2D eigenvalue weighted by atomic mass is 19.1. The zero-order valence-electron chi connectivity index (χ0n) is 18.7. The molecular weight excluding hydrogens is 397 g/mol. The van der Waals surface area contributed by atoms with E-state index in [9.17, 15) is 9.18 Å². The molecule has 168 valence electrons. The van der Waals surface area contributed by atoms with E-state index in [4.69, 9.17) is 14.2 Å². The molecule has 1 atom stereocenters. The van der Waals surface area contributed by atoms with Gasteiger partial charge in [0.2, 0.25) is 5.91 Å². The van der Waals surface area contributed by atoms with Crippen LogP contribution in [0, 0.1) is 11.7 Å². The van der Waals surface area contributed by atoms with Crippen LogP contribution < -0.4 is 14.8 Å². The Bertz CT molecular complexity index is 893. The predicted octanol–water partition coefficient (Wildman–Crippen LogP) is 4.79. The Kier molecular flexibility index (Phi) is 7.55. The van der Waals surface area contributed by atoms with Crippen LogP contribution in [0.3, 0.4) is 0 Å². The fourth-order valence-electron chi connectivity index (χ4n) is 3.90. The summed E-state index contributed by atoms with van der Waals surface area (Å²) in [4.78, 5) is 13.5. The lowest BCUT2D eigenvalue weighted by Crippen LogP contribution is -2.48. The van der Waals surface area contributed by atoms with Gasteiger partial charge in [-0.2, -0.15) is 0 Å². The molecule has 0 radical (unpaired) electrons. The molecule has 0 spiro atoms. The lowest BCUT2D eigenvalue weighted by Gasteiger charge is -2.37. The van der Waals surface area contributed by atoms with Gasteiger partial charge >= 0.3 is 0 Å². The van der Waals surface area contributed by atoms with Crippen molar-refractivity contribution >= 4 is 5.91 Å². The average Bonchev–Trinajstić information content (AvgIpc) is 2.77. The van der Waals surface area contributed by atoms with Crippen molar-refractivity contribution in [3.05, 3.63) is 59.4 Å². The number of carbonyl (C=O) groups excluding carboxylic acids is 1. The summed E-state index contributed by atoms with van der Waals surface area (Å²) in [6, 6.07) is 11.8. The van der Waals surface area contributed by atoms with Crippen LogP contribution in [0.25, 0.3) is 0 Å². The molecule has 1 aliphatic rings. The Hall–Kier alpha value is -2.60. The molecule has 2 aromatic carbocycles. The third-order valence-electron chi connectivity index (χ3n) is 5.77. The van der Waals surface area contributed by atoms with Gasteiger partial charge in [0.1, 0.15) is 5.82 Å². The Morgan fingerprint density at radius 3 is 2.52 bits per heavy atom. The van der Waals surface area contributed by atoms with Crippen LogP contribution in [0.5, 0.6) is 11.5 Å².